The van der Waals surface area contributed by atoms with Gasteiger partial charge >= 0.3 is 0 Å². The molecule has 0 saturated carbocycles. The number of Topliss-reactive ketones (excluding diaryl/α,β-unsaturated/α-hetero) is 1. The molecule has 0 amide bonds. The molecule has 3 unspecified atom stereocenters. The van der Waals surface area contributed by atoms with E-state index in [9.17, 15) is 4.79 Å². The van der Waals surface area contributed by atoms with Crippen molar-refractivity contribution in [2.75, 3.05) is 13.1 Å². The number of rotatable bonds is 3. The maximum absolute atomic E-state index is 12.0. The Kier molecular flexibility index (Phi) is 3.67. The molecule has 94 valence electrons. The van der Waals surface area contributed by atoms with Crippen LogP contribution in [0.25, 0.3) is 0 Å². The minimum Gasteiger partial charge on any atom is -0.461 e. The number of furan rings is 1. The largest absolute Gasteiger partial charge is 0.461 e. The van der Waals surface area contributed by atoms with E-state index in [4.69, 9.17) is 4.42 Å². The number of hydrogen-bond acceptors (Lipinski definition) is 3. The monoisotopic (exact) mass is 235 g/mol. The molecule has 1 aliphatic rings. The van der Waals surface area contributed by atoms with E-state index < -0.39 is 0 Å². The lowest BCUT2D eigenvalue weighted by Gasteiger charge is -2.40. The van der Waals surface area contributed by atoms with Gasteiger partial charge in [-0.25, -0.2) is 0 Å². The zero-order chi connectivity index (χ0) is 12.4. The first-order valence-corrected chi connectivity index (χ1v) is 6.38. The van der Waals surface area contributed by atoms with E-state index in [-0.39, 0.29) is 5.78 Å². The van der Waals surface area contributed by atoms with E-state index in [0.29, 0.717) is 30.2 Å². The second kappa shape index (κ2) is 5.05. The fourth-order valence-electron chi connectivity index (χ4n) is 2.74. The number of likely N-dealkylation sites (tertiary alicyclic amines) is 1. The lowest BCUT2D eigenvalue weighted by molar-refractivity contribution is 0.0631. The average molecular weight is 235 g/mol. The van der Waals surface area contributed by atoms with Crippen LogP contribution in [0.1, 0.15) is 37.7 Å². The highest BCUT2D eigenvalue weighted by atomic mass is 16.3. The van der Waals surface area contributed by atoms with Crippen LogP contribution in [0, 0.1) is 11.8 Å². The normalized spacial score (nSPS) is 30.4. The van der Waals surface area contributed by atoms with E-state index in [1.165, 1.54) is 6.42 Å². The molecule has 0 bridgehead atoms. The minimum absolute atomic E-state index is 0.0863. The summed E-state index contributed by atoms with van der Waals surface area (Å²) < 4.78 is 5.15. The predicted octanol–water partition coefficient (Wildman–Crippen LogP) is 2.83. The Balaban J connectivity index is 2.00. The molecule has 0 spiro atoms. The third-order valence-corrected chi connectivity index (χ3v) is 3.86. The molecule has 3 heteroatoms. The minimum atomic E-state index is 0.0863. The van der Waals surface area contributed by atoms with Crippen molar-refractivity contribution in [3.8, 4) is 0 Å². The summed E-state index contributed by atoms with van der Waals surface area (Å²) in [5, 5.41) is 0. The van der Waals surface area contributed by atoms with E-state index >= 15 is 0 Å². The van der Waals surface area contributed by atoms with Crippen LogP contribution in [0.4, 0.5) is 0 Å². The van der Waals surface area contributed by atoms with Gasteiger partial charge in [-0.2, -0.15) is 0 Å². The number of hydrogen-bond donors (Lipinski definition) is 0. The maximum Gasteiger partial charge on any atom is 0.211 e. The Hall–Kier alpha value is -1.09. The number of carbonyl (C=O) groups excluding carboxylic acids is 1. The summed E-state index contributed by atoms with van der Waals surface area (Å²) in [5.74, 6) is 1.89. The molecular weight excluding hydrogens is 214 g/mol. The van der Waals surface area contributed by atoms with Crippen molar-refractivity contribution in [1.82, 2.24) is 4.90 Å². The van der Waals surface area contributed by atoms with Gasteiger partial charge in [-0.05, 0) is 37.3 Å². The van der Waals surface area contributed by atoms with Gasteiger partial charge in [0.15, 0.2) is 5.76 Å². The van der Waals surface area contributed by atoms with Gasteiger partial charge in [-0.1, -0.05) is 13.8 Å². The first-order chi connectivity index (χ1) is 8.08. The molecule has 1 aromatic heterocycles. The van der Waals surface area contributed by atoms with Crippen molar-refractivity contribution in [2.24, 2.45) is 11.8 Å². The zero-order valence-electron chi connectivity index (χ0n) is 10.8. The van der Waals surface area contributed by atoms with Crippen molar-refractivity contribution in [3.05, 3.63) is 24.2 Å². The SMILES string of the molecule is CC1CC(C)C(C)N(CC(=O)c2ccco2)C1. The molecule has 17 heavy (non-hydrogen) atoms. The van der Waals surface area contributed by atoms with Crippen molar-refractivity contribution in [2.45, 2.75) is 33.2 Å². The van der Waals surface area contributed by atoms with Crippen molar-refractivity contribution >= 4 is 5.78 Å². The molecule has 2 rings (SSSR count). The number of nitrogens with zero attached hydrogens (tertiary/aromatic N) is 1. The summed E-state index contributed by atoms with van der Waals surface area (Å²) in [6.45, 7) is 8.23. The molecule has 0 N–H and O–H groups in total. The van der Waals surface area contributed by atoms with Crippen LogP contribution in [0.3, 0.4) is 0 Å². The fraction of sp³-hybridized carbons (Fsp3) is 0.643. The topological polar surface area (TPSA) is 33.5 Å². The predicted molar refractivity (Wildman–Crippen MR) is 67.0 cm³/mol. The maximum atomic E-state index is 12.0. The Morgan fingerprint density at radius 1 is 1.47 bits per heavy atom. The smallest absolute Gasteiger partial charge is 0.211 e. The van der Waals surface area contributed by atoms with Crippen LogP contribution in [0.2, 0.25) is 0 Å². The van der Waals surface area contributed by atoms with Gasteiger partial charge < -0.3 is 4.42 Å². The Morgan fingerprint density at radius 2 is 2.24 bits per heavy atom. The molecule has 1 saturated heterocycles. The summed E-state index contributed by atoms with van der Waals surface area (Å²) in [7, 11) is 0. The number of piperidine rings is 1. The highest BCUT2D eigenvalue weighted by Gasteiger charge is 2.30. The van der Waals surface area contributed by atoms with Crippen LogP contribution in [0.15, 0.2) is 22.8 Å². The van der Waals surface area contributed by atoms with Crippen LogP contribution in [-0.2, 0) is 0 Å². The fourth-order valence-corrected chi connectivity index (χ4v) is 2.74. The molecule has 1 fully saturated rings. The average Bonchev–Trinajstić information content (AvgIpc) is 2.78. The highest BCUT2D eigenvalue weighted by molar-refractivity contribution is 5.95. The van der Waals surface area contributed by atoms with Crippen LogP contribution >= 0.6 is 0 Å². The Labute approximate surface area is 103 Å². The third-order valence-electron chi connectivity index (χ3n) is 3.86. The summed E-state index contributed by atoms with van der Waals surface area (Å²) in [6.07, 6.45) is 2.81. The first-order valence-electron chi connectivity index (χ1n) is 6.38. The second-order valence-corrected chi connectivity index (χ2v) is 5.39. The van der Waals surface area contributed by atoms with E-state index in [0.717, 1.165) is 6.54 Å². The molecule has 0 aromatic carbocycles. The van der Waals surface area contributed by atoms with Gasteiger partial charge in [0.2, 0.25) is 5.78 Å². The molecule has 1 aliphatic heterocycles. The quantitative estimate of drug-likeness (QED) is 0.755. The van der Waals surface area contributed by atoms with E-state index in [1.807, 2.05) is 0 Å². The molecule has 3 nitrogen and oxygen atoms in total. The van der Waals surface area contributed by atoms with Crippen molar-refractivity contribution < 1.29 is 9.21 Å². The Bertz CT molecular complexity index is 372. The molecule has 2 heterocycles. The van der Waals surface area contributed by atoms with Gasteiger partial charge in [-0.15, -0.1) is 0 Å². The third kappa shape index (κ3) is 2.78. The van der Waals surface area contributed by atoms with Gasteiger partial charge in [0.1, 0.15) is 0 Å². The second-order valence-electron chi connectivity index (χ2n) is 5.39. The zero-order valence-corrected chi connectivity index (χ0v) is 10.8. The highest BCUT2D eigenvalue weighted by Crippen LogP contribution is 2.26. The molecular formula is C14H21NO2. The summed E-state index contributed by atoms with van der Waals surface area (Å²) in [6, 6.07) is 3.98. The van der Waals surface area contributed by atoms with Gasteiger partial charge in [0, 0.05) is 12.6 Å². The molecule has 0 aliphatic carbocycles. The summed E-state index contributed by atoms with van der Waals surface area (Å²) in [4.78, 5) is 14.3. The molecule has 1 aromatic rings. The number of ketones is 1. The van der Waals surface area contributed by atoms with Crippen LogP contribution in [-0.4, -0.2) is 29.8 Å². The van der Waals surface area contributed by atoms with E-state index in [2.05, 4.69) is 25.7 Å². The van der Waals surface area contributed by atoms with Gasteiger partial charge in [0.25, 0.3) is 0 Å². The first kappa shape index (κ1) is 12.4. The van der Waals surface area contributed by atoms with Gasteiger partial charge in [0.05, 0.1) is 12.8 Å². The van der Waals surface area contributed by atoms with Gasteiger partial charge in [-0.3, -0.25) is 9.69 Å². The molecule has 3 atom stereocenters. The summed E-state index contributed by atoms with van der Waals surface area (Å²) in [5.41, 5.74) is 0. The van der Waals surface area contributed by atoms with Crippen LogP contribution < -0.4 is 0 Å². The lowest BCUT2D eigenvalue weighted by Crippen LogP contribution is -2.47. The lowest BCUT2D eigenvalue weighted by atomic mass is 9.86. The summed E-state index contributed by atoms with van der Waals surface area (Å²) >= 11 is 0. The van der Waals surface area contributed by atoms with Crippen molar-refractivity contribution in [3.63, 3.8) is 0 Å². The number of carbonyl (C=O) groups is 1. The molecule has 0 radical (unpaired) electrons. The Morgan fingerprint density at radius 3 is 2.88 bits per heavy atom. The van der Waals surface area contributed by atoms with Crippen LogP contribution in [0.5, 0.6) is 0 Å². The van der Waals surface area contributed by atoms with Crippen molar-refractivity contribution in [1.29, 1.82) is 0 Å². The standard InChI is InChI=1S/C14H21NO2/c1-10-7-11(2)12(3)15(8-10)9-13(16)14-5-4-6-17-14/h4-6,10-12H,7-9H2,1-3H3. The van der Waals surface area contributed by atoms with E-state index in [1.54, 1.807) is 18.4 Å².